The molecule has 0 aromatic heterocycles. The number of carbonyl (C=O) groups is 2. The fourth-order valence-corrected chi connectivity index (χ4v) is 2.20. The summed E-state index contributed by atoms with van der Waals surface area (Å²) in [6.45, 7) is 1.18. The molecule has 0 radical (unpaired) electrons. The number of hydrogen-bond donors (Lipinski definition) is 1. The van der Waals surface area contributed by atoms with Crippen molar-refractivity contribution in [3.8, 4) is 0 Å². The zero-order chi connectivity index (χ0) is 19.1. The smallest absolute Gasteiger partial charge is 0.331 e. The number of rotatable bonds is 6. The van der Waals surface area contributed by atoms with Gasteiger partial charge >= 0.3 is 5.97 Å². The molecule has 0 saturated heterocycles. The summed E-state index contributed by atoms with van der Waals surface area (Å²) in [5.74, 6) is -1.30. The summed E-state index contributed by atoms with van der Waals surface area (Å²) >= 11 is 5.84. The molecule has 134 valence electrons. The van der Waals surface area contributed by atoms with E-state index in [1.807, 2.05) is 0 Å². The van der Waals surface area contributed by atoms with Gasteiger partial charge in [0, 0.05) is 23.2 Å². The summed E-state index contributed by atoms with van der Waals surface area (Å²) in [4.78, 5) is 33.7. The van der Waals surface area contributed by atoms with E-state index in [-0.39, 0.29) is 11.4 Å². The molecule has 26 heavy (non-hydrogen) atoms. The Labute approximate surface area is 154 Å². The van der Waals surface area contributed by atoms with E-state index < -0.39 is 23.4 Å². The van der Waals surface area contributed by atoms with Crippen LogP contribution in [-0.2, 0) is 14.3 Å². The van der Waals surface area contributed by atoms with Crippen LogP contribution in [0.25, 0.3) is 6.08 Å². The van der Waals surface area contributed by atoms with Crippen LogP contribution in [0, 0.1) is 17.0 Å². The number of aryl methyl sites for hydroxylation is 1. The minimum absolute atomic E-state index is 0.146. The minimum Gasteiger partial charge on any atom is -0.452 e. The fourth-order valence-electron chi connectivity index (χ4n) is 2.00. The SMILES string of the molecule is Cc1ccc([N+](=O)[O-])cc1NC(=O)COC(=O)/C=C/c1cccc(Cl)c1. The highest BCUT2D eigenvalue weighted by molar-refractivity contribution is 6.30. The van der Waals surface area contributed by atoms with Gasteiger partial charge in [-0.3, -0.25) is 14.9 Å². The average molecular weight is 375 g/mol. The summed E-state index contributed by atoms with van der Waals surface area (Å²) in [6, 6.07) is 11.0. The number of amides is 1. The average Bonchev–Trinajstić information content (AvgIpc) is 2.60. The highest BCUT2D eigenvalue weighted by atomic mass is 35.5. The van der Waals surface area contributed by atoms with Crippen LogP contribution >= 0.6 is 11.6 Å². The van der Waals surface area contributed by atoms with E-state index in [9.17, 15) is 19.7 Å². The predicted octanol–water partition coefficient (Wildman–Crippen LogP) is 3.75. The molecule has 2 rings (SSSR count). The van der Waals surface area contributed by atoms with Crippen LogP contribution in [0.2, 0.25) is 5.02 Å². The van der Waals surface area contributed by atoms with Crippen LogP contribution < -0.4 is 5.32 Å². The molecule has 0 saturated carbocycles. The Bertz CT molecular complexity index is 880. The van der Waals surface area contributed by atoms with E-state index in [1.165, 1.54) is 30.4 Å². The Hall–Kier alpha value is -3.19. The minimum atomic E-state index is -0.698. The number of nitrogens with one attached hydrogen (secondary N) is 1. The first-order valence-electron chi connectivity index (χ1n) is 7.50. The molecule has 0 aliphatic carbocycles. The number of nitro groups is 1. The van der Waals surface area contributed by atoms with Crippen LogP contribution in [0.15, 0.2) is 48.5 Å². The molecule has 0 fully saturated rings. The lowest BCUT2D eigenvalue weighted by Gasteiger charge is -2.08. The summed E-state index contributed by atoms with van der Waals surface area (Å²) < 4.78 is 4.84. The largest absolute Gasteiger partial charge is 0.452 e. The maximum atomic E-state index is 11.9. The predicted molar refractivity (Wildman–Crippen MR) is 97.9 cm³/mol. The Morgan fingerprint density at radius 3 is 2.73 bits per heavy atom. The van der Waals surface area contributed by atoms with Crippen molar-refractivity contribution in [1.29, 1.82) is 0 Å². The number of halogens is 1. The zero-order valence-electron chi connectivity index (χ0n) is 13.8. The van der Waals surface area contributed by atoms with Crippen LogP contribution in [-0.4, -0.2) is 23.4 Å². The normalized spacial score (nSPS) is 10.5. The third-order valence-electron chi connectivity index (χ3n) is 3.31. The van der Waals surface area contributed by atoms with Crippen molar-refractivity contribution in [3.63, 3.8) is 0 Å². The third-order valence-corrected chi connectivity index (χ3v) is 3.55. The molecule has 2 aromatic rings. The molecule has 7 nitrogen and oxygen atoms in total. The van der Waals surface area contributed by atoms with Crippen molar-refractivity contribution >= 4 is 40.9 Å². The second-order valence-corrected chi connectivity index (χ2v) is 5.74. The highest BCUT2D eigenvalue weighted by Crippen LogP contribution is 2.21. The number of non-ortho nitro benzene ring substituents is 1. The van der Waals surface area contributed by atoms with Crippen LogP contribution in [0.4, 0.5) is 11.4 Å². The molecule has 8 heteroatoms. The lowest BCUT2D eigenvalue weighted by atomic mass is 10.2. The molecule has 0 bridgehead atoms. The van der Waals surface area contributed by atoms with Crippen molar-refractivity contribution in [3.05, 3.63) is 74.8 Å². The van der Waals surface area contributed by atoms with E-state index in [0.717, 1.165) is 0 Å². The highest BCUT2D eigenvalue weighted by Gasteiger charge is 2.12. The first-order chi connectivity index (χ1) is 12.3. The summed E-state index contributed by atoms with van der Waals surface area (Å²) in [5.41, 5.74) is 1.50. The van der Waals surface area contributed by atoms with Crippen LogP contribution in [0.1, 0.15) is 11.1 Å². The number of anilines is 1. The topological polar surface area (TPSA) is 98.5 Å². The number of nitrogens with zero attached hydrogens (tertiary/aromatic N) is 1. The first-order valence-corrected chi connectivity index (χ1v) is 7.88. The molecule has 2 aromatic carbocycles. The van der Waals surface area contributed by atoms with Crippen molar-refractivity contribution in [2.45, 2.75) is 6.92 Å². The molecule has 1 N–H and O–H groups in total. The first kappa shape index (κ1) is 19.1. The van der Waals surface area contributed by atoms with E-state index in [0.29, 0.717) is 16.1 Å². The van der Waals surface area contributed by atoms with E-state index in [2.05, 4.69) is 5.32 Å². The van der Waals surface area contributed by atoms with Gasteiger partial charge in [-0.25, -0.2) is 4.79 Å². The Morgan fingerprint density at radius 2 is 2.04 bits per heavy atom. The Morgan fingerprint density at radius 1 is 1.27 bits per heavy atom. The molecule has 0 atom stereocenters. The maximum Gasteiger partial charge on any atom is 0.331 e. The Kier molecular flexibility index (Phi) is 6.46. The van der Waals surface area contributed by atoms with Crippen molar-refractivity contribution in [1.82, 2.24) is 0 Å². The monoisotopic (exact) mass is 374 g/mol. The molecular weight excluding hydrogens is 360 g/mol. The van der Waals surface area contributed by atoms with E-state index >= 15 is 0 Å². The molecule has 0 spiro atoms. The number of ether oxygens (including phenoxy) is 1. The van der Waals surface area contributed by atoms with Gasteiger partial charge in [0.05, 0.1) is 10.6 Å². The van der Waals surface area contributed by atoms with Gasteiger partial charge in [-0.2, -0.15) is 0 Å². The quantitative estimate of drug-likeness (QED) is 0.359. The van der Waals surface area contributed by atoms with Gasteiger partial charge in [-0.15, -0.1) is 0 Å². The number of nitro benzene ring substituents is 1. The van der Waals surface area contributed by atoms with Crippen molar-refractivity contribution in [2.24, 2.45) is 0 Å². The maximum absolute atomic E-state index is 11.9. The van der Waals surface area contributed by atoms with Gasteiger partial charge in [-0.05, 0) is 36.3 Å². The van der Waals surface area contributed by atoms with E-state index in [4.69, 9.17) is 16.3 Å². The molecular formula is C18H15ClN2O5. The number of esters is 1. The molecule has 0 aliphatic rings. The lowest BCUT2D eigenvalue weighted by Crippen LogP contribution is -2.20. The molecule has 0 unspecified atom stereocenters. The molecule has 0 heterocycles. The van der Waals surface area contributed by atoms with Gasteiger partial charge < -0.3 is 10.1 Å². The fraction of sp³-hybridized carbons (Fsp3) is 0.111. The second-order valence-electron chi connectivity index (χ2n) is 5.30. The van der Waals surface area contributed by atoms with Gasteiger partial charge in [0.2, 0.25) is 0 Å². The summed E-state index contributed by atoms with van der Waals surface area (Å²) in [5, 5.41) is 13.8. The van der Waals surface area contributed by atoms with Crippen molar-refractivity contribution in [2.75, 3.05) is 11.9 Å². The Balaban J connectivity index is 1.89. The van der Waals surface area contributed by atoms with Crippen molar-refractivity contribution < 1.29 is 19.2 Å². The number of carbonyl (C=O) groups excluding carboxylic acids is 2. The standard InChI is InChI=1S/C18H15ClN2O5/c1-12-5-7-15(21(24)25)10-16(12)20-17(22)11-26-18(23)8-6-13-3-2-4-14(19)9-13/h2-10H,11H2,1H3,(H,20,22)/b8-6+. The number of benzene rings is 2. The van der Waals surface area contributed by atoms with E-state index in [1.54, 1.807) is 31.2 Å². The summed E-state index contributed by atoms with van der Waals surface area (Å²) in [6.07, 6.45) is 2.69. The van der Waals surface area contributed by atoms with Gasteiger partial charge in [-0.1, -0.05) is 29.8 Å². The van der Waals surface area contributed by atoms with Gasteiger partial charge in [0.25, 0.3) is 11.6 Å². The summed E-state index contributed by atoms with van der Waals surface area (Å²) in [7, 11) is 0. The lowest BCUT2D eigenvalue weighted by molar-refractivity contribution is -0.384. The second kappa shape index (κ2) is 8.77. The molecule has 1 amide bonds. The van der Waals surface area contributed by atoms with Gasteiger partial charge in [0.15, 0.2) is 6.61 Å². The number of hydrogen-bond acceptors (Lipinski definition) is 5. The zero-order valence-corrected chi connectivity index (χ0v) is 14.5. The van der Waals surface area contributed by atoms with Crippen LogP contribution in [0.5, 0.6) is 0 Å². The van der Waals surface area contributed by atoms with Gasteiger partial charge in [0.1, 0.15) is 0 Å². The molecule has 0 aliphatic heterocycles. The van der Waals surface area contributed by atoms with Crippen LogP contribution in [0.3, 0.4) is 0 Å². The third kappa shape index (κ3) is 5.71.